The van der Waals surface area contributed by atoms with Crippen molar-refractivity contribution >= 4 is 16.7 Å². The average Bonchev–Trinajstić information content (AvgIpc) is 3.05. The molecule has 4 nitrogen and oxygen atoms in total. The first-order valence-corrected chi connectivity index (χ1v) is 6.82. The predicted octanol–water partition coefficient (Wildman–Crippen LogP) is 1.85. The van der Waals surface area contributed by atoms with Crippen molar-refractivity contribution in [1.29, 1.82) is 0 Å². The largest absolute Gasteiger partial charge is 0.369 e. The molecule has 2 saturated heterocycles. The molecule has 2 aliphatic rings. The van der Waals surface area contributed by atoms with E-state index in [-0.39, 0.29) is 0 Å². The number of H-pyrrole nitrogens is 1. The van der Waals surface area contributed by atoms with E-state index in [1.54, 1.807) is 6.33 Å². The first-order valence-electron chi connectivity index (χ1n) is 6.82. The third-order valence-corrected chi connectivity index (χ3v) is 4.36. The van der Waals surface area contributed by atoms with Gasteiger partial charge in [-0.05, 0) is 37.6 Å². The molecule has 2 aromatic rings. The Morgan fingerprint density at radius 2 is 2.22 bits per heavy atom. The lowest BCUT2D eigenvalue weighted by Gasteiger charge is -2.38. The van der Waals surface area contributed by atoms with Crippen molar-refractivity contribution < 1.29 is 0 Å². The highest BCUT2D eigenvalue weighted by Crippen LogP contribution is 2.26. The Bertz CT molecular complexity index is 562. The number of piperazine rings is 1. The van der Waals surface area contributed by atoms with Gasteiger partial charge in [0.15, 0.2) is 0 Å². The molecule has 0 unspecified atom stereocenters. The second-order valence-electron chi connectivity index (χ2n) is 5.38. The first kappa shape index (κ1) is 10.4. The number of nitrogens with zero attached hydrogens (tertiary/aromatic N) is 3. The molecule has 0 spiro atoms. The molecule has 2 fully saturated rings. The van der Waals surface area contributed by atoms with E-state index in [0.717, 1.165) is 23.6 Å². The van der Waals surface area contributed by atoms with Gasteiger partial charge < -0.3 is 9.88 Å². The number of rotatable bonds is 1. The van der Waals surface area contributed by atoms with Crippen LogP contribution >= 0.6 is 0 Å². The molecule has 0 aliphatic carbocycles. The highest BCUT2D eigenvalue weighted by molar-refractivity contribution is 5.79. The van der Waals surface area contributed by atoms with Crippen LogP contribution in [0.2, 0.25) is 0 Å². The number of aromatic nitrogens is 2. The number of hydrogen-bond donors (Lipinski definition) is 1. The fourth-order valence-corrected chi connectivity index (χ4v) is 3.35. The molecule has 0 radical (unpaired) electrons. The third kappa shape index (κ3) is 1.60. The summed E-state index contributed by atoms with van der Waals surface area (Å²) >= 11 is 0. The molecule has 1 aromatic heterocycles. The molecule has 0 bridgehead atoms. The van der Waals surface area contributed by atoms with Crippen molar-refractivity contribution in [2.24, 2.45) is 0 Å². The van der Waals surface area contributed by atoms with Crippen molar-refractivity contribution in [3.05, 3.63) is 24.5 Å². The number of fused-ring (bicyclic) bond motifs is 2. The molecule has 18 heavy (non-hydrogen) atoms. The van der Waals surface area contributed by atoms with Gasteiger partial charge in [-0.2, -0.15) is 0 Å². The number of aromatic amines is 1. The van der Waals surface area contributed by atoms with Crippen LogP contribution in [0.1, 0.15) is 12.8 Å². The van der Waals surface area contributed by atoms with Gasteiger partial charge >= 0.3 is 0 Å². The quantitative estimate of drug-likeness (QED) is 0.829. The molecule has 0 saturated carbocycles. The van der Waals surface area contributed by atoms with Crippen LogP contribution in [-0.4, -0.2) is 47.1 Å². The standard InChI is InChI=1S/C14H18N4/c1-2-12-9-18(7-6-17(12)5-1)11-3-4-13-14(8-11)16-10-15-13/h3-4,8,10,12H,1-2,5-7,9H2,(H,15,16)/t12-/m1/s1. The summed E-state index contributed by atoms with van der Waals surface area (Å²) in [7, 11) is 0. The molecular formula is C14H18N4. The number of hydrogen-bond acceptors (Lipinski definition) is 3. The van der Waals surface area contributed by atoms with Crippen molar-refractivity contribution in [2.75, 3.05) is 31.1 Å². The van der Waals surface area contributed by atoms with Crippen LogP contribution in [0.3, 0.4) is 0 Å². The van der Waals surface area contributed by atoms with E-state index in [1.807, 2.05) is 0 Å². The van der Waals surface area contributed by atoms with Gasteiger partial charge in [-0.1, -0.05) is 0 Å². The first-order chi connectivity index (χ1) is 8.90. The Morgan fingerprint density at radius 1 is 1.22 bits per heavy atom. The predicted molar refractivity (Wildman–Crippen MR) is 72.9 cm³/mol. The Kier molecular flexibility index (Phi) is 2.30. The number of benzene rings is 1. The summed E-state index contributed by atoms with van der Waals surface area (Å²) in [5.41, 5.74) is 3.53. The second kappa shape index (κ2) is 3.99. The van der Waals surface area contributed by atoms with E-state index < -0.39 is 0 Å². The molecular weight excluding hydrogens is 224 g/mol. The minimum atomic E-state index is 0.774. The molecule has 0 amide bonds. The minimum Gasteiger partial charge on any atom is -0.369 e. The molecule has 1 aromatic carbocycles. The molecule has 2 aliphatic heterocycles. The highest BCUT2D eigenvalue weighted by atomic mass is 15.3. The zero-order valence-electron chi connectivity index (χ0n) is 10.5. The molecule has 4 heteroatoms. The third-order valence-electron chi connectivity index (χ3n) is 4.36. The summed E-state index contributed by atoms with van der Waals surface area (Å²) in [5, 5.41) is 0. The van der Waals surface area contributed by atoms with Gasteiger partial charge in [0.2, 0.25) is 0 Å². The maximum Gasteiger partial charge on any atom is 0.0931 e. The van der Waals surface area contributed by atoms with E-state index in [4.69, 9.17) is 0 Å². The van der Waals surface area contributed by atoms with Gasteiger partial charge in [0.1, 0.15) is 0 Å². The zero-order chi connectivity index (χ0) is 11.9. The summed E-state index contributed by atoms with van der Waals surface area (Å²) in [6.45, 7) is 4.85. The van der Waals surface area contributed by atoms with E-state index in [9.17, 15) is 0 Å². The van der Waals surface area contributed by atoms with Crippen LogP contribution in [0.4, 0.5) is 5.69 Å². The molecule has 94 valence electrons. The Labute approximate surface area is 107 Å². The van der Waals surface area contributed by atoms with Crippen LogP contribution in [0, 0.1) is 0 Å². The molecule has 3 heterocycles. The zero-order valence-corrected chi connectivity index (χ0v) is 10.5. The Hall–Kier alpha value is -1.55. The Balaban J connectivity index is 1.62. The fraction of sp³-hybridized carbons (Fsp3) is 0.500. The van der Waals surface area contributed by atoms with Crippen LogP contribution in [0.15, 0.2) is 24.5 Å². The van der Waals surface area contributed by atoms with E-state index in [2.05, 4.69) is 38.0 Å². The van der Waals surface area contributed by atoms with Crippen LogP contribution < -0.4 is 4.90 Å². The maximum absolute atomic E-state index is 4.28. The normalized spacial score (nSPS) is 24.7. The smallest absolute Gasteiger partial charge is 0.0931 e. The van der Waals surface area contributed by atoms with Crippen molar-refractivity contribution in [2.45, 2.75) is 18.9 Å². The maximum atomic E-state index is 4.28. The topological polar surface area (TPSA) is 35.2 Å². The lowest BCUT2D eigenvalue weighted by molar-refractivity contribution is 0.231. The number of imidazole rings is 1. The summed E-state index contributed by atoms with van der Waals surface area (Å²) < 4.78 is 0. The van der Waals surface area contributed by atoms with Gasteiger partial charge in [-0.3, -0.25) is 4.90 Å². The van der Waals surface area contributed by atoms with Gasteiger partial charge in [-0.15, -0.1) is 0 Å². The van der Waals surface area contributed by atoms with Crippen LogP contribution in [0.5, 0.6) is 0 Å². The van der Waals surface area contributed by atoms with E-state index >= 15 is 0 Å². The van der Waals surface area contributed by atoms with Crippen LogP contribution in [0.25, 0.3) is 11.0 Å². The van der Waals surface area contributed by atoms with Gasteiger partial charge in [0.25, 0.3) is 0 Å². The summed E-state index contributed by atoms with van der Waals surface area (Å²) in [4.78, 5) is 12.6. The monoisotopic (exact) mass is 242 g/mol. The summed E-state index contributed by atoms with van der Waals surface area (Å²) in [6.07, 6.45) is 4.50. The second-order valence-corrected chi connectivity index (χ2v) is 5.38. The van der Waals surface area contributed by atoms with E-state index in [0.29, 0.717) is 0 Å². The minimum absolute atomic E-state index is 0.774. The highest BCUT2D eigenvalue weighted by Gasteiger charge is 2.30. The molecule has 1 atom stereocenters. The van der Waals surface area contributed by atoms with Crippen molar-refractivity contribution in [3.8, 4) is 0 Å². The SMILES string of the molecule is c1nc2ccc(N3CCN4CCC[C@@H]4C3)cc2[nH]1. The van der Waals surface area contributed by atoms with Gasteiger partial charge in [0.05, 0.1) is 17.4 Å². The van der Waals surface area contributed by atoms with Gasteiger partial charge in [-0.25, -0.2) is 4.98 Å². The lowest BCUT2D eigenvalue weighted by atomic mass is 10.1. The van der Waals surface area contributed by atoms with Crippen molar-refractivity contribution in [3.63, 3.8) is 0 Å². The average molecular weight is 242 g/mol. The number of anilines is 1. The summed E-state index contributed by atoms with van der Waals surface area (Å²) in [5.74, 6) is 0. The Morgan fingerprint density at radius 3 is 3.22 bits per heavy atom. The lowest BCUT2D eigenvalue weighted by Crippen LogP contribution is -2.50. The molecule has 1 N–H and O–H groups in total. The number of nitrogens with one attached hydrogen (secondary N) is 1. The summed E-state index contributed by atoms with van der Waals surface area (Å²) in [6, 6.07) is 7.32. The van der Waals surface area contributed by atoms with Gasteiger partial charge in [0, 0.05) is 31.4 Å². The van der Waals surface area contributed by atoms with Crippen molar-refractivity contribution in [1.82, 2.24) is 14.9 Å². The van der Waals surface area contributed by atoms with Crippen LogP contribution in [-0.2, 0) is 0 Å². The van der Waals surface area contributed by atoms with E-state index in [1.165, 1.54) is 38.2 Å². The fourth-order valence-electron chi connectivity index (χ4n) is 3.35. The molecule has 4 rings (SSSR count).